The Hall–Kier alpha value is -3.76. The van der Waals surface area contributed by atoms with Gasteiger partial charge < -0.3 is 15.0 Å². The van der Waals surface area contributed by atoms with Crippen molar-refractivity contribution in [3.8, 4) is 5.75 Å². The number of carbonyl (C=O) groups excluding carboxylic acids is 2. The Kier molecular flexibility index (Phi) is 11.8. The molecule has 12 heteroatoms. The van der Waals surface area contributed by atoms with Gasteiger partial charge in [-0.05, 0) is 86.5 Å². The van der Waals surface area contributed by atoms with E-state index in [1.807, 2.05) is 51.1 Å². The van der Waals surface area contributed by atoms with Gasteiger partial charge in [-0.3, -0.25) is 13.9 Å². The molecule has 0 spiro atoms. The molecule has 0 radical (unpaired) electrons. The number of hydrogen-bond acceptors (Lipinski definition) is 5. The van der Waals surface area contributed by atoms with Gasteiger partial charge >= 0.3 is 0 Å². The predicted octanol–water partition coefficient (Wildman–Crippen LogP) is 7.41. The molecule has 8 nitrogen and oxygen atoms in total. The molecule has 0 aliphatic rings. The SMILES string of the molecule is COc1ccc(S(=O)(=O)N(CC(=O)N(Cc2ccc(Cl)cc2Cl)C(Cc2ccccc2)C(=O)NC(C)(C)C)c2cccc(Cl)c2)cc1. The minimum atomic E-state index is -4.32. The second-order valence-electron chi connectivity index (χ2n) is 11.9. The lowest BCUT2D eigenvalue weighted by Gasteiger charge is -2.35. The molecule has 2 amide bonds. The summed E-state index contributed by atoms with van der Waals surface area (Å²) in [5.41, 5.74) is 0.880. The lowest BCUT2D eigenvalue weighted by Crippen LogP contribution is -2.56. The highest BCUT2D eigenvalue weighted by Crippen LogP contribution is 2.29. The number of hydrogen-bond donors (Lipinski definition) is 1. The van der Waals surface area contributed by atoms with Crippen LogP contribution in [-0.4, -0.2) is 50.4 Å². The summed E-state index contributed by atoms with van der Waals surface area (Å²) in [7, 11) is -2.84. The van der Waals surface area contributed by atoms with Crippen LogP contribution < -0.4 is 14.4 Å². The van der Waals surface area contributed by atoms with Gasteiger partial charge in [0.2, 0.25) is 11.8 Å². The molecule has 1 atom stereocenters. The molecule has 1 unspecified atom stereocenters. The van der Waals surface area contributed by atoms with Crippen LogP contribution in [0.15, 0.2) is 102 Å². The normalized spacial score (nSPS) is 12.2. The zero-order valence-corrected chi connectivity index (χ0v) is 29.5. The highest BCUT2D eigenvalue weighted by Gasteiger charge is 2.36. The van der Waals surface area contributed by atoms with Crippen LogP contribution in [0.25, 0.3) is 0 Å². The number of benzene rings is 4. The van der Waals surface area contributed by atoms with Gasteiger partial charge in [-0.25, -0.2) is 8.42 Å². The Balaban J connectivity index is 1.84. The summed E-state index contributed by atoms with van der Waals surface area (Å²) >= 11 is 19.0. The Bertz CT molecular complexity index is 1810. The summed E-state index contributed by atoms with van der Waals surface area (Å²) < 4.78 is 34.6. The third-order valence-electron chi connectivity index (χ3n) is 7.15. The number of anilines is 1. The van der Waals surface area contributed by atoms with E-state index in [2.05, 4.69) is 5.32 Å². The first-order valence-corrected chi connectivity index (χ1v) is 17.3. The van der Waals surface area contributed by atoms with E-state index >= 15 is 0 Å². The van der Waals surface area contributed by atoms with Gasteiger partial charge in [0.25, 0.3) is 10.0 Å². The maximum atomic E-state index is 14.6. The zero-order chi connectivity index (χ0) is 34.4. The van der Waals surface area contributed by atoms with Crippen LogP contribution in [0.1, 0.15) is 31.9 Å². The van der Waals surface area contributed by atoms with Crippen molar-refractivity contribution < 1.29 is 22.7 Å². The van der Waals surface area contributed by atoms with Gasteiger partial charge in [0.05, 0.1) is 17.7 Å². The van der Waals surface area contributed by atoms with Crippen LogP contribution in [0, 0.1) is 0 Å². The fourth-order valence-electron chi connectivity index (χ4n) is 4.88. The second kappa shape index (κ2) is 15.4. The van der Waals surface area contributed by atoms with Crippen molar-refractivity contribution in [3.05, 3.63) is 123 Å². The quantitative estimate of drug-likeness (QED) is 0.165. The fraction of sp³-hybridized carbons (Fsp3) is 0.257. The molecule has 0 heterocycles. The van der Waals surface area contributed by atoms with Crippen LogP contribution in [0.5, 0.6) is 5.75 Å². The summed E-state index contributed by atoms with van der Waals surface area (Å²) in [4.78, 5) is 29.9. The Labute approximate surface area is 291 Å². The molecule has 4 aromatic carbocycles. The largest absolute Gasteiger partial charge is 0.497 e. The van der Waals surface area contributed by atoms with Gasteiger partial charge in [0, 0.05) is 33.6 Å². The number of sulfonamides is 1. The Morgan fingerprint density at radius 1 is 0.851 bits per heavy atom. The monoisotopic (exact) mass is 715 g/mol. The Morgan fingerprint density at radius 2 is 1.51 bits per heavy atom. The van der Waals surface area contributed by atoms with Crippen molar-refractivity contribution >= 4 is 62.3 Å². The van der Waals surface area contributed by atoms with E-state index in [1.54, 1.807) is 36.4 Å². The molecule has 248 valence electrons. The number of nitrogens with one attached hydrogen (secondary N) is 1. The highest BCUT2D eigenvalue weighted by atomic mass is 35.5. The average Bonchev–Trinajstić information content (AvgIpc) is 3.02. The van der Waals surface area contributed by atoms with Crippen molar-refractivity contribution in [2.45, 2.75) is 50.2 Å². The summed E-state index contributed by atoms with van der Waals surface area (Å²) in [6.07, 6.45) is 0.155. The van der Waals surface area contributed by atoms with Gasteiger partial charge in [-0.1, -0.05) is 77.3 Å². The molecule has 0 fully saturated rings. The van der Waals surface area contributed by atoms with E-state index in [4.69, 9.17) is 39.5 Å². The van der Waals surface area contributed by atoms with E-state index in [0.717, 1.165) is 9.87 Å². The van der Waals surface area contributed by atoms with Crippen molar-refractivity contribution in [2.75, 3.05) is 18.0 Å². The average molecular weight is 717 g/mol. The van der Waals surface area contributed by atoms with E-state index in [9.17, 15) is 18.0 Å². The molecular weight excluding hydrogens is 681 g/mol. The maximum absolute atomic E-state index is 14.6. The van der Waals surface area contributed by atoms with Crippen molar-refractivity contribution in [1.29, 1.82) is 0 Å². The summed E-state index contributed by atoms with van der Waals surface area (Å²) in [6.45, 7) is 4.78. The van der Waals surface area contributed by atoms with Crippen molar-refractivity contribution in [3.63, 3.8) is 0 Å². The molecule has 4 aromatic rings. The first-order valence-electron chi connectivity index (χ1n) is 14.7. The fourth-order valence-corrected chi connectivity index (χ4v) is 6.93. The molecule has 1 N–H and O–H groups in total. The van der Waals surface area contributed by atoms with Crippen LogP contribution in [0.3, 0.4) is 0 Å². The summed E-state index contributed by atoms with van der Waals surface area (Å²) in [5, 5.41) is 3.97. The lowest BCUT2D eigenvalue weighted by atomic mass is 10.0. The van der Waals surface area contributed by atoms with Gasteiger partial charge in [0.1, 0.15) is 18.3 Å². The molecule has 4 rings (SSSR count). The van der Waals surface area contributed by atoms with Gasteiger partial charge in [0.15, 0.2) is 0 Å². The Morgan fingerprint density at radius 3 is 2.11 bits per heavy atom. The molecule has 47 heavy (non-hydrogen) atoms. The molecule has 0 saturated carbocycles. The van der Waals surface area contributed by atoms with E-state index in [0.29, 0.717) is 21.4 Å². The second-order valence-corrected chi connectivity index (χ2v) is 15.0. The number of ether oxygens (including phenoxy) is 1. The third-order valence-corrected chi connectivity index (χ3v) is 9.76. The lowest BCUT2D eigenvalue weighted by molar-refractivity contribution is -0.140. The van der Waals surface area contributed by atoms with Crippen LogP contribution in [0.4, 0.5) is 5.69 Å². The topological polar surface area (TPSA) is 96.0 Å². The number of methoxy groups -OCH3 is 1. The van der Waals surface area contributed by atoms with Crippen LogP contribution in [0.2, 0.25) is 15.1 Å². The first-order chi connectivity index (χ1) is 22.2. The predicted molar refractivity (Wildman–Crippen MR) is 188 cm³/mol. The van der Waals surface area contributed by atoms with Gasteiger partial charge in [-0.15, -0.1) is 0 Å². The van der Waals surface area contributed by atoms with Crippen molar-refractivity contribution in [1.82, 2.24) is 10.2 Å². The summed E-state index contributed by atoms with van der Waals surface area (Å²) in [5.74, 6) is -0.584. The maximum Gasteiger partial charge on any atom is 0.264 e. The molecular formula is C35H36Cl3N3O5S. The standard InChI is InChI=1S/C35H36Cl3N3O5S/c1-35(2,3)39-34(43)32(19-24-9-6-5-7-10-24)40(22-25-13-14-27(37)21-31(25)38)33(42)23-41(28-12-8-11-26(36)20-28)47(44,45)30-17-15-29(46-4)16-18-30/h5-18,20-21,32H,19,22-23H2,1-4H3,(H,39,43). The smallest absolute Gasteiger partial charge is 0.264 e. The zero-order valence-electron chi connectivity index (χ0n) is 26.4. The molecule has 0 aliphatic heterocycles. The number of amides is 2. The number of rotatable bonds is 12. The summed E-state index contributed by atoms with van der Waals surface area (Å²) in [6, 6.07) is 25.2. The van der Waals surface area contributed by atoms with E-state index < -0.39 is 40.0 Å². The molecule has 0 aromatic heterocycles. The first kappa shape index (κ1) is 36.1. The molecule has 0 aliphatic carbocycles. The highest BCUT2D eigenvalue weighted by molar-refractivity contribution is 7.92. The third kappa shape index (κ3) is 9.64. The molecule has 0 saturated heterocycles. The number of nitrogens with zero attached hydrogens (tertiary/aromatic N) is 2. The van der Waals surface area contributed by atoms with Crippen molar-refractivity contribution in [2.24, 2.45) is 0 Å². The minimum absolute atomic E-state index is 0.0651. The number of halogens is 3. The van der Waals surface area contributed by atoms with E-state index in [1.165, 1.54) is 42.3 Å². The number of carbonyl (C=O) groups is 2. The minimum Gasteiger partial charge on any atom is -0.497 e. The van der Waals surface area contributed by atoms with Crippen LogP contribution >= 0.6 is 34.8 Å². The molecule has 0 bridgehead atoms. The van der Waals surface area contributed by atoms with E-state index in [-0.39, 0.29) is 28.6 Å². The van der Waals surface area contributed by atoms with Crippen LogP contribution in [-0.2, 0) is 32.6 Å². The van der Waals surface area contributed by atoms with Gasteiger partial charge in [-0.2, -0.15) is 0 Å².